The first kappa shape index (κ1) is 17.1. The maximum atomic E-state index is 12.1. The van der Waals surface area contributed by atoms with Gasteiger partial charge in [0.05, 0.1) is 0 Å². The highest BCUT2D eigenvalue weighted by atomic mass is 16.6. The minimum atomic E-state index is -0.504. The van der Waals surface area contributed by atoms with Crippen LogP contribution in [-0.4, -0.2) is 24.0 Å². The van der Waals surface area contributed by atoms with Crippen LogP contribution in [-0.2, 0) is 25.9 Å². The van der Waals surface area contributed by atoms with Gasteiger partial charge >= 0.3 is 11.5 Å². The van der Waals surface area contributed by atoms with Gasteiger partial charge in [-0.1, -0.05) is 0 Å². The highest BCUT2D eigenvalue weighted by molar-refractivity contribution is 5.20. The summed E-state index contributed by atoms with van der Waals surface area (Å²) in [5.74, 6) is 0.453. The van der Waals surface area contributed by atoms with E-state index in [1.807, 2.05) is 0 Å². The number of unbranched alkanes of at least 4 members (excludes halogenated alkanes) is 1. The maximum Gasteiger partial charge on any atom is 0.381 e. The molecule has 0 spiro atoms. The molecule has 9 nitrogen and oxygen atoms in total. The summed E-state index contributed by atoms with van der Waals surface area (Å²) < 4.78 is 3.43. The fourth-order valence-corrected chi connectivity index (χ4v) is 3.39. The molecule has 2 aromatic rings. The summed E-state index contributed by atoms with van der Waals surface area (Å²) in [6.45, 7) is 2.87. The zero-order valence-corrected chi connectivity index (χ0v) is 14.2. The summed E-state index contributed by atoms with van der Waals surface area (Å²) in [5, 5.41) is 10.7. The van der Waals surface area contributed by atoms with Crippen LogP contribution in [0.1, 0.15) is 42.8 Å². The van der Waals surface area contributed by atoms with Gasteiger partial charge in [0.1, 0.15) is 6.20 Å². The number of fused-ring (bicyclic) bond motifs is 1. The van der Waals surface area contributed by atoms with Crippen molar-refractivity contribution >= 4 is 5.82 Å². The summed E-state index contributed by atoms with van der Waals surface area (Å²) in [4.78, 5) is 40.6. The normalized spacial score (nSPS) is 13.6. The molecule has 0 aliphatic heterocycles. The predicted molar refractivity (Wildman–Crippen MR) is 90.8 cm³/mol. The third-order valence-corrected chi connectivity index (χ3v) is 4.69. The number of nitro groups is 1. The van der Waals surface area contributed by atoms with Gasteiger partial charge in [-0.3, -0.25) is 14.3 Å². The lowest BCUT2D eigenvalue weighted by Gasteiger charge is -2.19. The van der Waals surface area contributed by atoms with Crippen molar-refractivity contribution in [2.75, 3.05) is 0 Å². The van der Waals surface area contributed by atoms with Crippen LogP contribution >= 0.6 is 0 Å². The monoisotopic (exact) mass is 347 g/mol. The van der Waals surface area contributed by atoms with E-state index in [1.54, 1.807) is 16.1 Å². The summed E-state index contributed by atoms with van der Waals surface area (Å²) >= 11 is 0. The van der Waals surface area contributed by atoms with Crippen molar-refractivity contribution in [3.05, 3.63) is 54.2 Å². The Kier molecular flexibility index (Phi) is 4.82. The quantitative estimate of drug-likeness (QED) is 0.480. The van der Waals surface area contributed by atoms with Crippen molar-refractivity contribution in [3.63, 3.8) is 0 Å². The molecule has 0 saturated heterocycles. The molecule has 25 heavy (non-hydrogen) atoms. The number of aromatic amines is 1. The van der Waals surface area contributed by atoms with Gasteiger partial charge in [0.15, 0.2) is 0 Å². The molecule has 0 atom stereocenters. The van der Waals surface area contributed by atoms with Gasteiger partial charge in [0, 0.05) is 31.3 Å². The van der Waals surface area contributed by atoms with Crippen molar-refractivity contribution in [1.82, 2.24) is 19.1 Å². The van der Waals surface area contributed by atoms with Crippen LogP contribution in [0.15, 0.2) is 15.8 Å². The summed E-state index contributed by atoms with van der Waals surface area (Å²) in [7, 11) is 0. The first-order valence-electron chi connectivity index (χ1n) is 8.50. The standard InChI is InChI=1S/C16H21N5O4/c1-11-17-14(21(24)25)10-19(11)8-4-5-9-20-13-7-3-2-6-12(13)15(22)18-16(20)23/h10H,2-9H2,1H3,(H,18,22,23). The highest BCUT2D eigenvalue weighted by Gasteiger charge is 2.18. The Bertz CT molecular complexity index is 908. The Morgan fingerprint density at radius 1 is 1.24 bits per heavy atom. The third kappa shape index (κ3) is 3.54. The van der Waals surface area contributed by atoms with Gasteiger partial charge in [0.2, 0.25) is 5.82 Å². The largest absolute Gasteiger partial charge is 0.381 e. The van der Waals surface area contributed by atoms with Crippen molar-refractivity contribution in [3.8, 4) is 0 Å². The molecule has 0 saturated carbocycles. The SMILES string of the molecule is Cc1nc([N+](=O)[O-])cn1CCCCn1c2c(c(=O)[nH]c1=O)CCCC2. The molecular formula is C16H21N5O4. The third-order valence-electron chi connectivity index (χ3n) is 4.69. The van der Waals surface area contributed by atoms with Gasteiger partial charge in [-0.15, -0.1) is 0 Å². The van der Waals surface area contributed by atoms with Crippen molar-refractivity contribution in [2.24, 2.45) is 0 Å². The van der Waals surface area contributed by atoms with E-state index in [0.717, 1.165) is 49.8 Å². The molecule has 0 unspecified atom stereocenters. The summed E-state index contributed by atoms with van der Waals surface area (Å²) in [6.07, 6.45) is 6.40. The van der Waals surface area contributed by atoms with E-state index in [4.69, 9.17) is 0 Å². The number of nitrogens with one attached hydrogen (secondary N) is 1. The van der Waals surface area contributed by atoms with Gasteiger partial charge in [0.25, 0.3) is 5.56 Å². The van der Waals surface area contributed by atoms with E-state index < -0.39 is 4.92 Å². The second-order valence-electron chi connectivity index (χ2n) is 6.35. The lowest BCUT2D eigenvalue weighted by atomic mass is 9.97. The molecule has 1 N–H and O–H groups in total. The lowest BCUT2D eigenvalue weighted by Crippen LogP contribution is -2.36. The van der Waals surface area contributed by atoms with E-state index in [9.17, 15) is 19.7 Å². The molecule has 1 aliphatic carbocycles. The smallest absolute Gasteiger partial charge is 0.358 e. The van der Waals surface area contributed by atoms with Gasteiger partial charge in [-0.25, -0.2) is 4.79 Å². The van der Waals surface area contributed by atoms with Gasteiger partial charge in [-0.2, -0.15) is 0 Å². The molecule has 2 heterocycles. The van der Waals surface area contributed by atoms with Gasteiger partial charge < -0.3 is 14.7 Å². The van der Waals surface area contributed by atoms with E-state index in [1.165, 1.54) is 6.20 Å². The molecule has 1 aliphatic rings. The molecule has 134 valence electrons. The van der Waals surface area contributed by atoms with Crippen LogP contribution in [0.5, 0.6) is 0 Å². The fraction of sp³-hybridized carbons (Fsp3) is 0.562. The summed E-state index contributed by atoms with van der Waals surface area (Å²) in [6, 6.07) is 0. The molecule has 3 rings (SSSR count). The Labute approximate surface area is 143 Å². The molecule has 0 aromatic carbocycles. The molecule has 2 aromatic heterocycles. The zero-order valence-electron chi connectivity index (χ0n) is 14.2. The molecule has 0 amide bonds. The first-order chi connectivity index (χ1) is 12.0. The second kappa shape index (κ2) is 7.04. The average molecular weight is 347 g/mol. The van der Waals surface area contributed by atoms with Crippen LogP contribution in [0, 0.1) is 17.0 Å². The first-order valence-corrected chi connectivity index (χ1v) is 8.50. The van der Waals surface area contributed by atoms with Crippen LogP contribution in [0.25, 0.3) is 0 Å². The Morgan fingerprint density at radius 3 is 2.68 bits per heavy atom. The lowest BCUT2D eigenvalue weighted by molar-refractivity contribution is -0.389. The number of aromatic nitrogens is 4. The number of nitrogens with zero attached hydrogens (tertiary/aromatic N) is 4. The van der Waals surface area contributed by atoms with E-state index in [2.05, 4.69) is 9.97 Å². The molecule has 9 heteroatoms. The van der Waals surface area contributed by atoms with Crippen molar-refractivity contribution < 1.29 is 4.92 Å². The topological polar surface area (TPSA) is 116 Å². The van der Waals surface area contributed by atoms with E-state index >= 15 is 0 Å². The van der Waals surface area contributed by atoms with E-state index in [0.29, 0.717) is 18.9 Å². The van der Waals surface area contributed by atoms with E-state index in [-0.39, 0.29) is 17.1 Å². The Morgan fingerprint density at radius 2 is 1.96 bits per heavy atom. The van der Waals surface area contributed by atoms with Gasteiger partial charge in [-0.05, 0) is 48.4 Å². The molecule has 0 fully saturated rings. The number of rotatable bonds is 6. The van der Waals surface area contributed by atoms with Crippen LogP contribution in [0.3, 0.4) is 0 Å². The maximum absolute atomic E-state index is 12.1. The van der Waals surface area contributed by atoms with Crippen molar-refractivity contribution in [1.29, 1.82) is 0 Å². The second-order valence-corrected chi connectivity index (χ2v) is 6.35. The summed E-state index contributed by atoms with van der Waals surface area (Å²) in [5.41, 5.74) is 1.01. The minimum absolute atomic E-state index is 0.150. The van der Waals surface area contributed by atoms with Crippen LogP contribution in [0.4, 0.5) is 5.82 Å². The Hall–Kier alpha value is -2.71. The van der Waals surface area contributed by atoms with Crippen molar-refractivity contribution in [2.45, 2.75) is 58.5 Å². The number of imidazole rings is 1. The van der Waals surface area contributed by atoms with Crippen LogP contribution in [0.2, 0.25) is 0 Å². The zero-order chi connectivity index (χ0) is 18.0. The number of aryl methyl sites for hydroxylation is 2. The highest BCUT2D eigenvalue weighted by Crippen LogP contribution is 2.17. The Balaban J connectivity index is 1.66. The number of hydrogen-bond acceptors (Lipinski definition) is 5. The minimum Gasteiger partial charge on any atom is -0.358 e. The number of hydrogen-bond donors (Lipinski definition) is 1. The fourth-order valence-electron chi connectivity index (χ4n) is 3.39. The predicted octanol–water partition coefficient (Wildman–Crippen LogP) is 1.31. The molecule has 0 radical (unpaired) electrons. The van der Waals surface area contributed by atoms with Crippen LogP contribution < -0.4 is 11.2 Å². The molecular weight excluding hydrogens is 326 g/mol. The number of H-pyrrole nitrogens is 1. The molecule has 0 bridgehead atoms. The average Bonchev–Trinajstić information content (AvgIpc) is 2.95.